The Morgan fingerprint density at radius 3 is 1.79 bits per heavy atom. The first-order chi connectivity index (χ1) is 13.6. The maximum atomic E-state index is 12.3. The van der Waals surface area contributed by atoms with E-state index in [-0.39, 0.29) is 0 Å². The van der Waals surface area contributed by atoms with Gasteiger partial charge in [-0.05, 0) is 55.0 Å². The van der Waals surface area contributed by atoms with Gasteiger partial charge in [0, 0.05) is 25.7 Å². The summed E-state index contributed by atoms with van der Waals surface area (Å²) in [5.41, 5.74) is 1.73. The zero-order chi connectivity index (χ0) is 21.9. The van der Waals surface area contributed by atoms with E-state index < -0.39 is 17.7 Å². The molecular formula is C23H30F3NO2. The highest BCUT2D eigenvalue weighted by molar-refractivity contribution is 5.62. The van der Waals surface area contributed by atoms with E-state index in [9.17, 15) is 13.2 Å². The van der Waals surface area contributed by atoms with Crippen LogP contribution in [-0.2, 0) is 11.0 Å². The van der Waals surface area contributed by atoms with Gasteiger partial charge in [-0.2, -0.15) is 13.2 Å². The largest absolute Gasteiger partial charge is 0.481 e. The molecule has 1 saturated heterocycles. The third kappa shape index (κ3) is 10.0. The number of anilines is 1. The highest BCUT2D eigenvalue weighted by atomic mass is 19.4. The number of hydrogen-bond acceptors (Lipinski definition) is 2. The van der Waals surface area contributed by atoms with Crippen molar-refractivity contribution in [2.45, 2.75) is 52.1 Å². The second-order valence-corrected chi connectivity index (χ2v) is 7.18. The first-order valence-corrected chi connectivity index (χ1v) is 9.78. The second-order valence-electron chi connectivity index (χ2n) is 7.18. The third-order valence-electron chi connectivity index (χ3n) is 4.38. The van der Waals surface area contributed by atoms with E-state index in [0.717, 1.165) is 50.7 Å². The van der Waals surface area contributed by atoms with Crippen molar-refractivity contribution in [3.05, 3.63) is 65.7 Å². The Kier molecular flexibility index (Phi) is 10.3. The maximum Gasteiger partial charge on any atom is 0.416 e. The zero-order valence-corrected chi connectivity index (χ0v) is 17.2. The van der Waals surface area contributed by atoms with Crippen LogP contribution in [0.2, 0.25) is 0 Å². The number of halogens is 3. The average Bonchev–Trinajstić information content (AvgIpc) is 2.69. The molecule has 3 rings (SSSR count). The fourth-order valence-electron chi connectivity index (χ4n) is 2.85. The molecule has 0 bridgehead atoms. The average molecular weight is 409 g/mol. The third-order valence-corrected chi connectivity index (χ3v) is 4.38. The number of aliphatic carboxylic acids is 1. The van der Waals surface area contributed by atoms with Gasteiger partial charge >= 0.3 is 6.18 Å². The van der Waals surface area contributed by atoms with E-state index in [1.807, 2.05) is 6.07 Å². The predicted molar refractivity (Wildman–Crippen MR) is 111 cm³/mol. The number of nitrogens with zero attached hydrogens (tertiary/aromatic N) is 1. The van der Waals surface area contributed by atoms with Crippen LogP contribution in [0.25, 0.3) is 0 Å². The fourth-order valence-corrected chi connectivity index (χ4v) is 2.85. The molecule has 6 heteroatoms. The van der Waals surface area contributed by atoms with E-state index in [2.05, 4.69) is 43.0 Å². The molecule has 1 aliphatic heterocycles. The zero-order valence-electron chi connectivity index (χ0n) is 17.2. The van der Waals surface area contributed by atoms with E-state index in [1.54, 1.807) is 12.1 Å². The molecule has 0 saturated carbocycles. The molecule has 2 aromatic rings. The molecule has 160 valence electrons. The Morgan fingerprint density at radius 2 is 1.41 bits per heavy atom. The number of alkyl halides is 3. The van der Waals surface area contributed by atoms with Crippen LogP contribution in [0, 0.1) is 0 Å². The summed E-state index contributed by atoms with van der Waals surface area (Å²) < 4.78 is 37.0. The SMILES string of the molecule is CC(=O)O.CC(C)c1ccccc1.FC(F)(F)c1ccc(N2CCCCC2)cc1. The second kappa shape index (κ2) is 12.1. The summed E-state index contributed by atoms with van der Waals surface area (Å²) in [5, 5.41) is 7.42. The topological polar surface area (TPSA) is 40.5 Å². The van der Waals surface area contributed by atoms with Gasteiger partial charge in [0.2, 0.25) is 0 Å². The highest BCUT2D eigenvalue weighted by Gasteiger charge is 2.30. The molecule has 29 heavy (non-hydrogen) atoms. The van der Waals surface area contributed by atoms with Crippen LogP contribution in [-0.4, -0.2) is 24.2 Å². The lowest BCUT2D eigenvalue weighted by molar-refractivity contribution is -0.137. The lowest BCUT2D eigenvalue weighted by Crippen LogP contribution is -2.29. The Bertz CT molecular complexity index is 703. The van der Waals surface area contributed by atoms with Crippen molar-refractivity contribution in [1.82, 2.24) is 0 Å². The lowest BCUT2D eigenvalue weighted by atomic mass is 10.0. The molecule has 0 radical (unpaired) electrons. The Balaban J connectivity index is 0.000000272. The van der Waals surface area contributed by atoms with Crippen LogP contribution in [0.3, 0.4) is 0 Å². The number of piperidine rings is 1. The van der Waals surface area contributed by atoms with E-state index in [1.165, 1.54) is 12.0 Å². The summed E-state index contributed by atoms with van der Waals surface area (Å²) in [5.74, 6) is -0.175. The molecular weight excluding hydrogens is 379 g/mol. The van der Waals surface area contributed by atoms with Gasteiger partial charge in [-0.15, -0.1) is 0 Å². The van der Waals surface area contributed by atoms with Gasteiger partial charge in [0.25, 0.3) is 5.97 Å². The van der Waals surface area contributed by atoms with Gasteiger partial charge in [0.1, 0.15) is 0 Å². The molecule has 0 amide bonds. The van der Waals surface area contributed by atoms with Crippen molar-refractivity contribution in [2.24, 2.45) is 0 Å². The maximum absolute atomic E-state index is 12.3. The molecule has 1 fully saturated rings. The normalized spacial score (nSPS) is 13.7. The number of benzene rings is 2. The molecule has 3 nitrogen and oxygen atoms in total. The molecule has 0 spiro atoms. The van der Waals surface area contributed by atoms with Gasteiger partial charge in [-0.1, -0.05) is 44.2 Å². The number of carbonyl (C=O) groups is 1. The fraction of sp³-hybridized carbons (Fsp3) is 0.435. The van der Waals surface area contributed by atoms with Gasteiger partial charge in [-0.25, -0.2) is 0 Å². The van der Waals surface area contributed by atoms with Crippen molar-refractivity contribution in [1.29, 1.82) is 0 Å². The van der Waals surface area contributed by atoms with E-state index in [0.29, 0.717) is 5.92 Å². The van der Waals surface area contributed by atoms with Gasteiger partial charge in [0.15, 0.2) is 0 Å². The Labute approximate surface area is 171 Å². The molecule has 1 heterocycles. The monoisotopic (exact) mass is 409 g/mol. The van der Waals surface area contributed by atoms with Gasteiger partial charge < -0.3 is 10.0 Å². The predicted octanol–water partition coefficient (Wildman–Crippen LogP) is 6.60. The summed E-state index contributed by atoms with van der Waals surface area (Å²) in [4.78, 5) is 11.1. The van der Waals surface area contributed by atoms with Gasteiger partial charge in [0.05, 0.1) is 5.56 Å². The molecule has 0 unspecified atom stereocenters. The first-order valence-electron chi connectivity index (χ1n) is 9.78. The quantitative estimate of drug-likeness (QED) is 0.608. The molecule has 1 aliphatic rings. The Hall–Kier alpha value is -2.50. The lowest BCUT2D eigenvalue weighted by Gasteiger charge is -2.28. The van der Waals surface area contributed by atoms with Crippen LogP contribution in [0.15, 0.2) is 54.6 Å². The standard InChI is InChI=1S/C12H14F3N.C9H12.C2H4O2/c13-12(14,15)10-4-6-11(7-5-10)16-8-2-1-3-9-16;1-8(2)9-6-4-3-5-7-9;1-2(3)4/h4-7H,1-3,8-9H2;3-8H,1-2H3;1H3,(H,3,4). The highest BCUT2D eigenvalue weighted by Crippen LogP contribution is 2.31. The summed E-state index contributed by atoms with van der Waals surface area (Å²) in [6, 6.07) is 16.0. The van der Waals surface area contributed by atoms with E-state index >= 15 is 0 Å². The Morgan fingerprint density at radius 1 is 0.931 bits per heavy atom. The van der Waals surface area contributed by atoms with Crippen molar-refractivity contribution in [3.63, 3.8) is 0 Å². The minimum atomic E-state index is -4.24. The van der Waals surface area contributed by atoms with Gasteiger partial charge in [-0.3, -0.25) is 4.79 Å². The van der Waals surface area contributed by atoms with Crippen molar-refractivity contribution < 1.29 is 23.1 Å². The number of carboxylic acid groups (broad SMARTS) is 1. The van der Waals surface area contributed by atoms with Crippen molar-refractivity contribution in [3.8, 4) is 0 Å². The van der Waals surface area contributed by atoms with Crippen LogP contribution >= 0.6 is 0 Å². The molecule has 2 aromatic carbocycles. The summed E-state index contributed by atoms with van der Waals surface area (Å²) in [7, 11) is 0. The molecule has 0 aliphatic carbocycles. The van der Waals surface area contributed by atoms with Crippen molar-refractivity contribution in [2.75, 3.05) is 18.0 Å². The smallest absolute Gasteiger partial charge is 0.416 e. The van der Waals surface area contributed by atoms with Crippen LogP contribution in [0.4, 0.5) is 18.9 Å². The molecule has 1 N–H and O–H groups in total. The summed E-state index contributed by atoms with van der Waals surface area (Å²) in [6.07, 6.45) is -0.764. The minimum Gasteiger partial charge on any atom is -0.481 e. The number of rotatable bonds is 2. The van der Waals surface area contributed by atoms with Crippen LogP contribution < -0.4 is 4.90 Å². The number of hydrogen-bond donors (Lipinski definition) is 1. The minimum absolute atomic E-state index is 0.576. The van der Waals surface area contributed by atoms with Crippen LogP contribution in [0.5, 0.6) is 0 Å². The van der Waals surface area contributed by atoms with Crippen LogP contribution in [0.1, 0.15) is 57.1 Å². The van der Waals surface area contributed by atoms with E-state index in [4.69, 9.17) is 9.90 Å². The molecule has 0 aromatic heterocycles. The first kappa shape index (κ1) is 24.5. The van der Waals surface area contributed by atoms with Crippen molar-refractivity contribution >= 4 is 11.7 Å². The summed E-state index contributed by atoms with van der Waals surface area (Å²) >= 11 is 0. The summed E-state index contributed by atoms with van der Waals surface area (Å²) in [6.45, 7) is 7.39. The molecule has 0 atom stereocenters. The number of carboxylic acids is 1.